The Morgan fingerprint density at radius 1 is 1.10 bits per heavy atom. The number of carbonyl (C=O) groups is 2. The van der Waals surface area contributed by atoms with Crippen LogP contribution in [0.1, 0.15) is 28.3 Å². The van der Waals surface area contributed by atoms with E-state index in [4.69, 9.17) is 11.6 Å². The first-order chi connectivity index (χ1) is 14.6. The van der Waals surface area contributed by atoms with Crippen LogP contribution in [-0.4, -0.2) is 36.3 Å². The Morgan fingerprint density at radius 3 is 2.67 bits per heavy atom. The Bertz CT molecular complexity index is 1090. The van der Waals surface area contributed by atoms with Crippen LogP contribution in [0.2, 0.25) is 5.02 Å². The summed E-state index contributed by atoms with van der Waals surface area (Å²) in [7, 11) is 0. The van der Waals surface area contributed by atoms with Gasteiger partial charge in [0.05, 0.1) is 11.1 Å². The molecule has 1 spiro atoms. The van der Waals surface area contributed by atoms with E-state index >= 15 is 0 Å². The normalized spacial score (nSPS) is 23.5. The number of hydrogen-bond acceptors (Lipinski definition) is 3. The van der Waals surface area contributed by atoms with Crippen LogP contribution < -0.4 is 4.90 Å². The lowest BCUT2D eigenvalue weighted by molar-refractivity contribution is -0.125. The molecule has 5 rings (SSSR count). The van der Waals surface area contributed by atoms with E-state index in [9.17, 15) is 9.59 Å². The van der Waals surface area contributed by atoms with Gasteiger partial charge in [0, 0.05) is 41.5 Å². The van der Waals surface area contributed by atoms with Gasteiger partial charge in [0.2, 0.25) is 5.91 Å². The third-order valence-corrected chi connectivity index (χ3v) is 7.28. The Labute approximate surface area is 184 Å². The van der Waals surface area contributed by atoms with Crippen LogP contribution in [0.25, 0.3) is 0 Å². The number of thiophene rings is 1. The van der Waals surface area contributed by atoms with Gasteiger partial charge in [-0.25, -0.2) is 0 Å². The summed E-state index contributed by atoms with van der Waals surface area (Å²) in [5, 5.41) is 4.54. The van der Waals surface area contributed by atoms with E-state index in [-0.39, 0.29) is 17.7 Å². The second kappa shape index (κ2) is 7.56. The van der Waals surface area contributed by atoms with Crippen LogP contribution in [0.15, 0.2) is 71.4 Å². The molecule has 30 heavy (non-hydrogen) atoms. The Hall–Kier alpha value is -2.63. The highest BCUT2D eigenvalue weighted by Gasteiger charge is 2.58. The van der Waals surface area contributed by atoms with E-state index in [1.54, 1.807) is 35.6 Å². The minimum Gasteiger partial charge on any atom is -0.337 e. The van der Waals surface area contributed by atoms with Gasteiger partial charge in [0.25, 0.3) is 5.91 Å². The molecule has 2 aromatic carbocycles. The van der Waals surface area contributed by atoms with Gasteiger partial charge in [-0.1, -0.05) is 48.0 Å². The topological polar surface area (TPSA) is 40.6 Å². The summed E-state index contributed by atoms with van der Waals surface area (Å²) >= 11 is 7.70. The van der Waals surface area contributed by atoms with Crippen LogP contribution in [0.3, 0.4) is 0 Å². The number of nitrogens with zero attached hydrogens (tertiary/aromatic N) is 2. The maximum Gasteiger partial charge on any atom is 0.253 e. The fourth-order valence-corrected chi connectivity index (χ4v) is 5.73. The summed E-state index contributed by atoms with van der Waals surface area (Å²) in [4.78, 5) is 30.7. The molecule has 2 aliphatic heterocycles. The molecule has 2 amide bonds. The number of halogens is 1. The highest BCUT2D eigenvalue weighted by molar-refractivity contribution is 7.08. The molecule has 0 N–H and O–H groups in total. The molecule has 4 nitrogen and oxygen atoms in total. The van der Waals surface area contributed by atoms with E-state index in [0.717, 1.165) is 17.7 Å². The standard InChI is InChI=1S/C24H21ClN2O2S/c25-19-8-4-7-18(13-19)22(28)26-14-21(17-5-2-1-3-6-17)24(16-26)10-11-27(23(24)29)20-9-12-30-15-20/h1-9,12-13,15,21H,10-11,14,16H2/t21-,24+/m0/s1. The number of hydrogen-bond donors (Lipinski definition) is 0. The van der Waals surface area contributed by atoms with Crippen molar-refractivity contribution in [2.24, 2.45) is 5.41 Å². The number of likely N-dealkylation sites (tertiary alicyclic amines) is 1. The number of amides is 2. The summed E-state index contributed by atoms with van der Waals surface area (Å²) in [5.41, 5.74) is 2.02. The van der Waals surface area contributed by atoms with Crippen molar-refractivity contribution in [3.05, 3.63) is 87.6 Å². The molecule has 0 bridgehead atoms. The van der Waals surface area contributed by atoms with Crippen molar-refractivity contribution in [3.8, 4) is 0 Å². The predicted octanol–water partition coefficient (Wildman–Crippen LogP) is 5.06. The zero-order valence-electron chi connectivity index (χ0n) is 16.3. The van der Waals surface area contributed by atoms with Crippen LogP contribution in [0.4, 0.5) is 5.69 Å². The third kappa shape index (κ3) is 3.13. The Morgan fingerprint density at radius 2 is 1.93 bits per heavy atom. The second-order valence-electron chi connectivity index (χ2n) is 8.00. The van der Waals surface area contributed by atoms with Gasteiger partial charge < -0.3 is 9.80 Å². The summed E-state index contributed by atoms with van der Waals surface area (Å²) < 4.78 is 0. The molecule has 3 aromatic rings. The second-order valence-corrected chi connectivity index (χ2v) is 9.22. The molecular formula is C24H21ClN2O2S. The SMILES string of the molecule is O=C(c1cccc(Cl)c1)N1C[C@@H](c2ccccc2)[C@@]2(CCN(c3ccsc3)C2=O)C1. The predicted molar refractivity (Wildman–Crippen MR) is 120 cm³/mol. The van der Waals surface area contributed by atoms with Gasteiger partial charge in [-0.3, -0.25) is 9.59 Å². The quantitative estimate of drug-likeness (QED) is 0.575. The highest BCUT2D eigenvalue weighted by Crippen LogP contribution is 2.51. The summed E-state index contributed by atoms with van der Waals surface area (Å²) in [5.74, 6) is 0.0196. The minimum atomic E-state index is -0.600. The van der Waals surface area contributed by atoms with Crippen molar-refractivity contribution in [1.82, 2.24) is 4.90 Å². The molecule has 0 saturated carbocycles. The Balaban J connectivity index is 1.52. The largest absolute Gasteiger partial charge is 0.337 e. The van der Waals surface area contributed by atoms with E-state index < -0.39 is 5.41 Å². The summed E-state index contributed by atoms with van der Waals surface area (Å²) in [6.45, 7) is 1.63. The van der Waals surface area contributed by atoms with Gasteiger partial charge in [0.1, 0.15) is 0 Å². The van der Waals surface area contributed by atoms with Gasteiger partial charge in [-0.15, -0.1) is 0 Å². The number of anilines is 1. The molecule has 152 valence electrons. The zero-order valence-corrected chi connectivity index (χ0v) is 17.9. The lowest BCUT2D eigenvalue weighted by Gasteiger charge is -2.28. The van der Waals surface area contributed by atoms with Gasteiger partial charge in [-0.05, 0) is 41.6 Å². The maximum absolute atomic E-state index is 13.7. The fraction of sp³-hybridized carbons (Fsp3) is 0.250. The molecule has 2 fully saturated rings. The first-order valence-corrected chi connectivity index (χ1v) is 11.3. The lowest BCUT2D eigenvalue weighted by Crippen LogP contribution is -2.40. The van der Waals surface area contributed by atoms with Crippen LogP contribution in [-0.2, 0) is 4.79 Å². The van der Waals surface area contributed by atoms with Crippen molar-refractivity contribution >= 4 is 40.4 Å². The maximum atomic E-state index is 13.7. The van der Waals surface area contributed by atoms with Crippen molar-refractivity contribution < 1.29 is 9.59 Å². The summed E-state index contributed by atoms with van der Waals surface area (Å²) in [6.07, 6.45) is 0.737. The monoisotopic (exact) mass is 436 g/mol. The molecule has 2 atom stereocenters. The summed E-state index contributed by atoms with van der Waals surface area (Å²) in [6, 6.07) is 19.1. The molecule has 6 heteroatoms. The van der Waals surface area contributed by atoms with E-state index in [2.05, 4.69) is 12.1 Å². The molecule has 0 aliphatic carbocycles. The van der Waals surface area contributed by atoms with E-state index in [1.165, 1.54) is 0 Å². The van der Waals surface area contributed by atoms with Crippen molar-refractivity contribution in [2.45, 2.75) is 12.3 Å². The van der Waals surface area contributed by atoms with Crippen LogP contribution in [0, 0.1) is 5.41 Å². The molecule has 2 aliphatic rings. The molecule has 0 radical (unpaired) electrons. The molecule has 0 unspecified atom stereocenters. The lowest BCUT2D eigenvalue weighted by atomic mass is 9.73. The minimum absolute atomic E-state index is 0.0297. The first-order valence-electron chi connectivity index (χ1n) is 10.0. The van der Waals surface area contributed by atoms with Crippen LogP contribution >= 0.6 is 22.9 Å². The van der Waals surface area contributed by atoms with Gasteiger partial charge >= 0.3 is 0 Å². The first kappa shape index (κ1) is 19.3. The van der Waals surface area contributed by atoms with E-state index in [1.807, 2.05) is 44.8 Å². The zero-order chi connectivity index (χ0) is 20.7. The number of benzene rings is 2. The highest BCUT2D eigenvalue weighted by atomic mass is 35.5. The molecule has 1 aromatic heterocycles. The third-order valence-electron chi connectivity index (χ3n) is 6.37. The fourth-order valence-electron chi connectivity index (χ4n) is 4.89. The Kier molecular flexibility index (Phi) is 4.88. The van der Waals surface area contributed by atoms with Crippen molar-refractivity contribution in [2.75, 3.05) is 24.5 Å². The number of carbonyl (C=O) groups excluding carboxylic acids is 2. The molecule has 3 heterocycles. The molecular weight excluding hydrogens is 416 g/mol. The average Bonchev–Trinajstić information content (AvgIpc) is 3.49. The van der Waals surface area contributed by atoms with Gasteiger partial charge in [0.15, 0.2) is 0 Å². The van der Waals surface area contributed by atoms with Gasteiger partial charge in [-0.2, -0.15) is 11.3 Å². The smallest absolute Gasteiger partial charge is 0.253 e. The van der Waals surface area contributed by atoms with Crippen molar-refractivity contribution in [3.63, 3.8) is 0 Å². The number of rotatable bonds is 3. The van der Waals surface area contributed by atoms with Crippen molar-refractivity contribution in [1.29, 1.82) is 0 Å². The van der Waals surface area contributed by atoms with E-state index in [0.29, 0.717) is 30.2 Å². The average molecular weight is 437 g/mol. The van der Waals surface area contributed by atoms with Crippen LogP contribution in [0.5, 0.6) is 0 Å². The molecule has 2 saturated heterocycles.